The molecule has 24 heavy (non-hydrogen) atoms. The Labute approximate surface area is 139 Å². The molecule has 0 fully saturated rings. The molecule has 0 atom stereocenters. The van der Waals surface area contributed by atoms with Crippen molar-refractivity contribution in [3.63, 3.8) is 0 Å². The summed E-state index contributed by atoms with van der Waals surface area (Å²) in [5, 5.41) is 6.18. The fraction of sp³-hybridized carbons (Fsp3) is 0.158. The van der Waals surface area contributed by atoms with Gasteiger partial charge in [-0.15, -0.1) is 0 Å². The normalized spacial score (nSPS) is 10.5. The van der Waals surface area contributed by atoms with Crippen LogP contribution in [0.3, 0.4) is 0 Å². The number of amides is 2. The van der Waals surface area contributed by atoms with E-state index in [1.165, 1.54) is 0 Å². The van der Waals surface area contributed by atoms with Crippen LogP contribution in [0.5, 0.6) is 0 Å². The molecule has 0 unspecified atom stereocenters. The third-order valence-corrected chi connectivity index (χ3v) is 3.68. The summed E-state index contributed by atoms with van der Waals surface area (Å²) in [6, 6.07) is 16.6. The molecule has 2 aromatic carbocycles. The molecule has 2 amide bonds. The van der Waals surface area contributed by atoms with E-state index in [2.05, 4.69) is 17.6 Å². The molecule has 0 aliphatic heterocycles. The summed E-state index contributed by atoms with van der Waals surface area (Å²) in [4.78, 5) is 24.1. The predicted octanol–water partition coefficient (Wildman–Crippen LogP) is 3.36. The maximum absolute atomic E-state index is 12.1. The van der Waals surface area contributed by atoms with Crippen LogP contribution in [-0.2, 0) is 11.2 Å². The van der Waals surface area contributed by atoms with Gasteiger partial charge in [0.25, 0.3) is 5.91 Å². The lowest BCUT2D eigenvalue weighted by Crippen LogP contribution is -2.32. The van der Waals surface area contributed by atoms with Crippen molar-refractivity contribution < 1.29 is 14.0 Å². The third-order valence-electron chi connectivity index (χ3n) is 3.68. The zero-order valence-corrected chi connectivity index (χ0v) is 13.3. The van der Waals surface area contributed by atoms with Crippen LogP contribution in [0.4, 0.5) is 5.69 Å². The highest BCUT2D eigenvalue weighted by atomic mass is 16.3. The van der Waals surface area contributed by atoms with Crippen LogP contribution in [0.25, 0.3) is 11.0 Å². The number of fused-ring (bicyclic) bond motifs is 1. The molecule has 1 heterocycles. The zero-order chi connectivity index (χ0) is 16.9. The first kappa shape index (κ1) is 15.8. The van der Waals surface area contributed by atoms with E-state index >= 15 is 0 Å². The van der Waals surface area contributed by atoms with E-state index < -0.39 is 5.91 Å². The molecule has 122 valence electrons. The van der Waals surface area contributed by atoms with Gasteiger partial charge in [-0.2, -0.15) is 0 Å². The first-order valence-electron chi connectivity index (χ1n) is 7.81. The molecule has 0 bridgehead atoms. The van der Waals surface area contributed by atoms with Crippen LogP contribution in [0.2, 0.25) is 0 Å². The van der Waals surface area contributed by atoms with E-state index in [-0.39, 0.29) is 18.2 Å². The quantitative estimate of drug-likeness (QED) is 0.756. The van der Waals surface area contributed by atoms with Gasteiger partial charge in [0.15, 0.2) is 5.76 Å². The van der Waals surface area contributed by atoms with Crippen LogP contribution >= 0.6 is 0 Å². The van der Waals surface area contributed by atoms with Crippen molar-refractivity contribution >= 4 is 28.5 Å². The van der Waals surface area contributed by atoms with Crippen molar-refractivity contribution in [1.82, 2.24) is 5.32 Å². The zero-order valence-electron chi connectivity index (χ0n) is 13.3. The van der Waals surface area contributed by atoms with Gasteiger partial charge in [-0.25, -0.2) is 0 Å². The summed E-state index contributed by atoms with van der Waals surface area (Å²) in [7, 11) is 0. The molecule has 1 aromatic heterocycles. The fourth-order valence-corrected chi connectivity index (χ4v) is 2.42. The fourth-order valence-electron chi connectivity index (χ4n) is 2.42. The number of para-hydroxylation sites is 1. The number of carbonyl (C=O) groups excluding carboxylic acids is 2. The Morgan fingerprint density at radius 3 is 2.67 bits per heavy atom. The monoisotopic (exact) mass is 322 g/mol. The number of aryl methyl sites for hydroxylation is 1. The minimum Gasteiger partial charge on any atom is -0.451 e. The Balaban J connectivity index is 1.58. The van der Waals surface area contributed by atoms with Crippen molar-refractivity contribution in [3.8, 4) is 0 Å². The highest BCUT2D eigenvalue weighted by Crippen LogP contribution is 2.18. The average Bonchev–Trinajstić information content (AvgIpc) is 3.04. The van der Waals surface area contributed by atoms with E-state index in [4.69, 9.17) is 4.42 Å². The number of furan rings is 1. The largest absolute Gasteiger partial charge is 0.451 e. The van der Waals surface area contributed by atoms with Crippen LogP contribution in [-0.4, -0.2) is 18.4 Å². The number of benzene rings is 2. The molecule has 0 spiro atoms. The first-order valence-corrected chi connectivity index (χ1v) is 7.81. The SMILES string of the molecule is CCc1cccc(NC(=O)CNC(=O)c2cc3ccccc3o2)c1. The lowest BCUT2D eigenvalue weighted by Gasteiger charge is -2.07. The van der Waals surface area contributed by atoms with Crippen LogP contribution in [0.15, 0.2) is 59.0 Å². The summed E-state index contributed by atoms with van der Waals surface area (Å²) in [5.41, 5.74) is 2.50. The lowest BCUT2D eigenvalue weighted by molar-refractivity contribution is -0.115. The number of nitrogens with one attached hydrogen (secondary N) is 2. The van der Waals surface area contributed by atoms with E-state index in [0.29, 0.717) is 5.58 Å². The molecular weight excluding hydrogens is 304 g/mol. The Kier molecular flexibility index (Phi) is 4.61. The van der Waals surface area contributed by atoms with Crippen molar-refractivity contribution in [1.29, 1.82) is 0 Å². The lowest BCUT2D eigenvalue weighted by atomic mass is 10.1. The van der Waals surface area contributed by atoms with Gasteiger partial charge in [0, 0.05) is 11.1 Å². The molecule has 0 saturated heterocycles. The number of carbonyl (C=O) groups is 2. The van der Waals surface area contributed by atoms with Gasteiger partial charge in [0.05, 0.1) is 6.54 Å². The summed E-state index contributed by atoms with van der Waals surface area (Å²) < 4.78 is 5.47. The number of hydrogen-bond donors (Lipinski definition) is 2. The highest BCUT2D eigenvalue weighted by molar-refractivity contribution is 6.00. The molecule has 5 heteroatoms. The van der Waals surface area contributed by atoms with E-state index in [0.717, 1.165) is 23.1 Å². The van der Waals surface area contributed by atoms with Gasteiger partial charge in [0.1, 0.15) is 5.58 Å². The van der Waals surface area contributed by atoms with Crippen molar-refractivity contribution in [2.45, 2.75) is 13.3 Å². The molecule has 5 nitrogen and oxygen atoms in total. The van der Waals surface area contributed by atoms with Gasteiger partial charge >= 0.3 is 0 Å². The minimum absolute atomic E-state index is 0.119. The van der Waals surface area contributed by atoms with Crippen LogP contribution < -0.4 is 10.6 Å². The second kappa shape index (κ2) is 7.00. The summed E-state index contributed by atoms with van der Waals surface area (Å²) in [5.74, 6) is -0.506. The van der Waals surface area contributed by atoms with Crippen molar-refractivity contribution in [2.75, 3.05) is 11.9 Å². The Hall–Kier alpha value is -3.08. The Bertz CT molecular complexity index is 850. The number of rotatable bonds is 5. The Morgan fingerprint density at radius 1 is 1.04 bits per heavy atom. The van der Waals surface area contributed by atoms with Gasteiger partial charge in [-0.05, 0) is 36.2 Å². The van der Waals surface area contributed by atoms with Gasteiger partial charge < -0.3 is 15.1 Å². The van der Waals surface area contributed by atoms with Gasteiger partial charge in [-0.3, -0.25) is 9.59 Å². The molecule has 2 N–H and O–H groups in total. The molecule has 0 radical (unpaired) electrons. The molecule has 3 rings (SSSR count). The van der Waals surface area contributed by atoms with Crippen molar-refractivity contribution in [2.24, 2.45) is 0 Å². The van der Waals surface area contributed by atoms with Gasteiger partial charge in [-0.1, -0.05) is 37.3 Å². The molecule has 3 aromatic rings. The smallest absolute Gasteiger partial charge is 0.287 e. The highest BCUT2D eigenvalue weighted by Gasteiger charge is 2.13. The molecule has 0 saturated carbocycles. The predicted molar refractivity (Wildman–Crippen MR) is 93.0 cm³/mol. The van der Waals surface area contributed by atoms with Crippen molar-refractivity contribution in [3.05, 3.63) is 65.9 Å². The Morgan fingerprint density at radius 2 is 1.88 bits per heavy atom. The van der Waals surface area contributed by atoms with Crippen LogP contribution in [0, 0.1) is 0 Å². The van der Waals surface area contributed by atoms with E-state index in [9.17, 15) is 9.59 Å². The maximum atomic E-state index is 12.1. The van der Waals surface area contributed by atoms with E-state index in [1.54, 1.807) is 12.1 Å². The average molecular weight is 322 g/mol. The second-order valence-electron chi connectivity index (χ2n) is 5.43. The molecule has 0 aliphatic carbocycles. The topological polar surface area (TPSA) is 71.3 Å². The summed E-state index contributed by atoms with van der Waals surface area (Å²) in [6.07, 6.45) is 0.895. The molecular formula is C19H18N2O3. The van der Waals surface area contributed by atoms with Gasteiger partial charge in [0.2, 0.25) is 5.91 Å². The second-order valence-corrected chi connectivity index (χ2v) is 5.43. The first-order chi connectivity index (χ1) is 11.7. The van der Waals surface area contributed by atoms with Crippen LogP contribution in [0.1, 0.15) is 23.0 Å². The minimum atomic E-state index is -0.413. The third kappa shape index (κ3) is 3.63. The molecule has 0 aliphatic rings. The number of anilines is 1. The maximum Gasteiger partial charge on any atom is 0.287 e. The summed E-state index contributed by atoms with van der Waals surface area (Å²) in [6.45, 7) is 1.93. The standard InChI is InChI=1S/C19H18N2O3/c1-2-13-6-5-8-15(10-13)21-18(22)12-20-19(23)17-11-14-7-3-4-9-16(14)24-17/h3-11H,2,12H2,1H3,(H,20,23)(H,21,22). The van der Waals surface area contributed by atoms with E-state index in [1.807, 2.05) is 42.5 Å². The number of hydrogen-bond acceptors (Lipinski definition) is 3. The summed E-state index contributed by atoms with van der Waals surface area (Å²) >= 11 is 0.